The molecule has 3 N–H and O–H groups in total. The van der Waals surface area contributed by atoms with Crippen molar-refractivity contribution < 1.29 is 17.9 Å². The highest BCUT2D eigenvalue weighted by molar-refractivity contribution is 7.92. The number of fused-ring (bicyclic) bond motifs is 1. The SMILES string of the molecule is CCCN1Cc2cccc(NS(=O)(=O)c3ccc(OC)c(C(N)=O)c3)c2C1. The van der Waals surface area contributed by atoms with Crippen molar-refractivity contribution in [2.75, 3.05) is 18.4 Å². The Morgan fingerprint density at radius 3 is 2.70 bits per heavy atom. The first-order valence-electron chi connectivity index (χ1n) is 8.69. The lowest BCUT2D eigenvalue weighted by atomic mass is 10.1. The number of carbonyl (C=O) groups excluding carboxylic acids is 1. The number of nitrogens with two attached hydrogens (primary N) is 1. The van der Waals surface area contributed by atoms with E-state index in [4.69, 9.17) is 10.5 Å². The highest BCUT2D eigenvalue weighted by Crippen LogP contribution is 2.31. The lowest BCUT2D eigenvalue weighted by molar-refractivity contribution is 0.0997. The fourth-order valence-corrected chi connectivity index (χ4v) is 4.43. The maximum atomic E-state index is 12.9. The molecule has 7 nitrogen and oxygen atoms in total. The molecular weight excluding hydrogens is 366 g/mol. The molecule has 0 fully saturated rings. The van der Waals surface area contributed by atoms with Crippen LogP contribution in [0.15, 0.2) is 41.3 Å². The fourth-order valence-electron chi connectivity index (χ4n) is 3.31. The average molecular weight is 389 g/mol. The van der Waals surface area contributed by atoms with Crippen LogP contribution in [0.1, 0.15) is 34.8 Å². The summed E-state index contributed by atoms with van der Waals surface area (Å²) >= 11 is 0. The number of sulfonamides is 1. The third kappa shape index (κ3) is 3.91. The van der Waals surface area contributed by atoms with Gasteiger partial charge in [-0.05, 0) is 48.4 Å². The number of hydrogen-bond donors (Lipinski definition) is 2. The van der Waals surface area contributed by atoms with Gasteiger partial charge < -0.3 is 10.5 Å². The van der Waals surface area contributed by atoms with Crippen LogP contribution in [0.5, 0.6) is 5.75 Å². The molecule has 0 unspecified atom stereocenters. The molecule has 0 bridgehead atoms. The van der Waals surface area contributed by atoms with E-state index in [0.717, 1.165) is 30.6 Å². The maximum Gasteiger partial charge on any atom is 0.261 e. The molecule has 2 aromatic rings. The summed E-state index contributed by atoms with van der Waals surface area (Å²) < 4.78 is 33.5. The monoisotopic (exact) mass is 389 g/mol. The minimum absolute atomic E-state index is 0.0211. The van der Waals surface area contributed by atoms with E-state index < -0.39 is 15.9 Å². The molecule has 0 spiro atoms. The molecule has 1 amide bonds. The van der Waals surface area contributed by atoms with Crippen LogP contribution in [-0.2, 0) is 23.1 Å². The van der Waals surface area contributed by atoms with Crippen molar-refractivity contribution in [1.29, 1.82) is 0 Å². The Kier molecular flexibility index (Phi) is 5.38. The smallest absolute Gasteiger partial charge is 0.261 e. The Morgan fingerprint density at radius 1 is 1.26 bits per heavy atom. The summed E-state index contributed by atoms with van der Waals surface area (Å²) in [6.07, 6.45) is 1.04. The van der Waals surface area contributed by atoms with Gasteiger partial charge >= 0.3 is 0 Å². The van der Waals surface area contributed by atoms with Gasteiger partial charge in [-0.2, -0.15) is 0 Å². The van der Waals surface area contributed by atoms with Crippen LogP contribution in [0.2, 0.25) is 0 Å². The van der Waals surface area contributed by atoms with Gasteiger partial charge in [-0.25, -0.2) is 8.42 Å². The zero-order valence-corrected chi connectivity index (χ0v) is 16.2. The van der Waals surface area contributed by atoms with Crippen molar-refractivity contribution in [3.05, 3.63) is 53.1 Å². The first kappa shape index (κ1) is 19.2. The second-order valence-corrected chi connectivity index (χ2v) is 8.17. The fraction of sp³-hybridized carbons (Fsp3) is 0.316. The van der Waals surface area contributed by atoms with Crippen LogP contribution >= 0.6 is 0 Å². The van der Waals surface area contributed by atoms with Crippen LogP contribution < -0.4 is 15.2 Å². The topological polar surface area (TPSA) is 102 Å². The van der Waals surface area contributed by atoms with E-state index in [-0.39, 0.29) is 16.2 Å². The highest BCUT2D eigenvalue weighted by atomic mass is 32.2. The predicted octanol–water partition coefficient (Wildman–Crippen LogP) is 2.32. The Morgan fingerprint density at radius 2 is 2.04 bits per heavy atom. The zero-order chi connectivity index (χ0) is 19.6. The third-order valence-corrected chi connectivity index (χ3v) is 5.94. The van der Waals surface area contributed by atoms with Gasteiger partial charge in [0.1, 0.15) is 5.75 Å². The second kappa shape index (κ2) is 7.58. The quantitative estimate of drug-likeness (QED) is 0.757. The summed E-state index contributed by atoms with van der Waals surface area (Å²) in [7, 11) is -2.49. The lowest BCUT2D eigenvalue weighted by Crippen LogP contribution is -2.18. The zero-order valence-electron chi connectivity index (χ0n) is 15.4. The lowest BCUT2D eigenvalue weighted by Gasteiger charge is -2.14. The molecule has 144 valence electrons. The van der Waals surface area contributed by atoms with Crippen molar-refractivity contribution in [3.63, 3.8) is 0 Å². The normalized spacial score (nSPS) is 14.0. The number of primary amides is 1. The molecule has 3 rings (SSSR count). The summed E-state index contributed by atoms with van der Waals surface area (Å²) in [6.45, 7) is 4.60. The van der Waals surface area contributed by atoms with E-state index in [9.17, 15) is 13.2 Å². The van der Waals surface area contributed by atoms with Gasteiger partial charge in [0, 0.05) is 13.1 Å². The summed E-state index contributed by atoms with van der Waals surface area (Å²) in [5.41, 5.74) is 8.02. The molecule has 0 saturated carbocycles. The van der Waals surface area contributed by atoms with Gasteiger partial charge in [0.05, 0.1) is 23.3 Å². The molecule has 1 heterocycles. The number of hydrogen-bond acceptors (Lipinski definition) is 5. The van der Waals surface area contributed by atoms with Crippen molar-refractivity contribution in [2.45, 2.75) is 31.3 Å². The van der Waals surface area contributed by atoms with Gasteiger partial charge in [-0.15, -0.1) is 0 Å². The van der Waals surface area contributed by atoms with Gasteiger partial charge in [0.15, 0.2) is 0 Å². The van der Waals surface area contributed by atoms with E-state index in [1.54, 1.807) is 6.07 Å². The van der Waals surface area contributed by atoms with Crippen molar-refractivity contribution in [3.8, 4) is 5.75 Å². The van der Waals surface area contributed by atoms with Crippen molar-refractivity contribution in [2.24, 2.45) is 5.73 Å². The van der Waals surface area contributed by atoms with E-state index in [2.05, 4.69) is 16.5 Å². The van der Waals surface area contributed by atoms with Crippen LogP contribution in [-0.4, -0.2) is 32.9 Å². The number of rotatable bonds is 7. The first-order valence-corrected chi connectivity index (χ1v) is 10.2. The van der Waals surface area contributed by atoms with E-state index in [1.165, 1.54) is 25.3 Å². The number of amides is 1. The number of carbonyl (C=O) groups is 1. The molecule has 0 atom stereocenters. The molecule has 1 aliphatic rings. The summed E-state index contributed by atoms with van der Waals surface area (Å²) in [5.74, 6) is -0.517. The number of nitrogens with one attached hydrogen (secondary N) is 1. The molecule has 1 aliphatic heterocycles. The van der Waals surface area contributed by atoms with E-state index >= 15 is 0 Å². The number of ether oxygens (including phenoxy) is 1. The number of nitrogens with zero attached hydrogens (tertiary/aromatic N) is 1. The van der Waals surface area contributed by atoms with Crippen LogP contribution in [0, 0.1) is 0 Å². The van der Waals surface area contributed by atoms with Gasteiger partial charge in [0.2, 0.25) is 0 Å². The standard InChI is InChI=1S/C19H23N3O4S/c1-3-9-22-11-13-5-4-6-17(16(13)12-22)21-27(24,25)14-7-8-18(26-2)15(10-14)19(20)23/h4-8,10,21H,3,9,11-12H2,1-2H3,(H2,20,23). The van der Waals surface area contributed by atoms with Gasteiger partial charge in [-0.1, -0.05) is 19.1 Å². The van der Waals surface area contributed by atoms with Crippen molar-refractivity contribution in [1.82, 2.24) is 4.90 Å². The molecule has 0 saturated heterocycles. The second-order valence-electron chi connectivity index (χ2n) is 6.49. The minimum Gasteiger partial charge on any atom is -0.496 e. The molecule has 8 heteroatoms. The van der Waals surface area contributed by atoms with Gasteiger partial charge in [-0.3, -0.25) is 14.4 Å². The average Bonchev–Trinajstić information content (AvgIpc) is 3.05. The van der Waals surface area contributed by atoms with Crippen LogP contribution in [0.3, 0.4) is 0 Å². The van der Waals surface area contributed by atoms with Crippen LogP contribution in [0.25, 0.3) is 0 Å². The Bertz CT molecular complexity index is 973. The van der Waals surface area contributed by atoms with E-state index in [0.29, 0.717) is 12.2 Å². The Labute approximate surface area is 159 Å². The molecular formula is C19H23N3O4S. The maximum absolute atomic E-state index is 12.9. The summed E-state index contributed by atoms with van der Waals surface area (Å²) in [4.78, 5) is 13.8. The largest absolute Gasteiger partial charge is 0.496 e. The Hall–Kier alpha value is -2.58. The minimum atomic E-state index is -3.88. The highest BCUT2D eigenvalue weighted by Gasteiger charge is 2.24. The van der Waals surface area contributed by atoms with E-state index in [1.807, 2.05) is 12.1 Å². The van der Waals surface area contributed by atoms with Crippen molar-refractivity contribution >= 4 is 21.6 Å². The first-order chi connectivity index (χ1) is 12.9. The molecule has 0 radical (unpaired) electrons. The number of methoxy groups -OCH3 is 1. The molecule has 0 aromatic heterocycles. The molecule has 27 heavy (non-hydrogen) atoms. The Balaban J connectivity index is 1.92. The number of benzene rings is 2. The van der Waals surface area contributed by atoms with Crippen LogP contribution in [0.4, 0.5) is 5.69 Å². The molecule has 0 aliphatic carbocycles. The number of anilines is 1. The molecule has 2 aromatic carbocycles. The van der Waals surface area contributed by atoms with Gasteiger partial charge in [0.25, 0.3) is 15.9 Å². The summed E-state index contributed by atoms with van der Waals surface area (Å²) in [5, 5.41) is 0. The third-order valence-electron chi connectivity index (χ3n) is 4.58. The predicted molar refractivity (Wildman–Crippen MR) is 103 cm³/mol. The summed E-state index contributed by atoms with van der Waals surface area (Å²) in [6, 6.07) is 9.66.